The van der Waals surface area contributed by atoms with Crippen LogP contribution in [0.2, 0.25) is 5.02 Å². The molecule has 0 saturated carbocycles. The molecular weight excluding hydrogens is 292 g/mol. The van der Waals surface area contributed by atoms with Gasteiger partial charge in [-0.15, -0.1) is 11.3 Å². The van der Waals surface area contributed by atoms with Gasteiger partial charge in [-0.05, 0) is 29.6 Å². The Balaban J connectivity index is 2.17. The van der Waals surface area contributed by atoms with Crippen molar-refractivity contribution in [2.24, 2.45) is 0 Å². The van der Waals surface area contributed by atoms with Crippen molar-refractivity contribution in [3.8, 4) is 0 Å². The third kappa shape index (κ3) is 3.02. The van der Waals surface area contributed by atoms with E-state index in [1.54, 1.807) is 0 Å². The Kier molecular flexibility index (Phi) is 3.91. The summed E-state index contributed by atoms with van der Waals surface area (Å²) in [4.78, 5) is 1.06. The number of halogens is 1. The van der Waals surface area contributed by atoms with Gasteiger partial charge in [0.05, 0.1) is 15.6 Å². The van der Waals surface area contributed by atoms with Crippen molar-refractivity contribution < 1.29 is 8.42 Å². The Morgan fingerprint density at radius 3 is 2.72 bits per heavy atom. The van der Waals surface area contributed by atoms with Crippen LogP contribution in [0.3, 0.4) is 0 Å². The van der Waals surface area contributed by atoms with Crippen molar-refractivity contribution in [2.75, 3.05) is 5.73 Å². The number of rotatable bonds is 4. The average Bonchev–Trinajstić information content (AvgIpc) is 2.83. The van der Waals surface area contributed by atoms with Crippen LogP contribution >= 0.6 is 22.9 Å². The van der Waals surface area contributed by atoms with E-state index >= 15 is 0 Å². The maximum Gasteiger partial charge on any atom is 0.240 e. The molecule has 0 radical (unpaired) electrons. The molecule has 0 amide bonds. The van der Waals surface area contributed by atoms with E-state index in [0.29, 0.717) is 5.02 Å². The predicted molar refractivity (Wildman–Crippen MR) is 74.2 cm³/mol. The van der Waals surface area contributed by atoms with Crippen LogP contribution in [-0.4, -0.2) is 8.42 Å². The number of nitrogens with two attached hydrogens (primary N) is 1. The zero-order chi connectivity index (χ0) is 13.2. The number of thiophene rings is 1. The topological polar surface area (TPSA) is 72.2 Å². The molecule has 4 nitrogen and oxygen atoms in total. The molecule has 0 aliphatic carbocycles. The molecule has 0 fully saturated rings. The largest absolute Gasteiger partial charge is 0.397 e. The molecule has 0 atom stereocenters. The predicted octanol–water partition coefficient (Wildman–Crippen LogP) is 2.46. The molecule has 0 spiro atoms. The highest BCUT2D eigenvalue weighted by molar-refractivity contribution is 7.89. The van der Waals surface area contributed by atoms with Gasteiger partial charge in [0.2, 0.25) is 10.0 Å². The maximum atomic E-state index is 12.0. The molecule has 1 aromatic carbocycles. The van der Waals surface area contributed by atoms with Gasteiger partial charge in [0.15, 0.2) is 0 Å². The van der Waals surface area contributed by atoms with E-state index in [1.165, 1.54) is 29.5 Å². The monoisotopic (exact) mass is 302 g/mol. The first kappa shape index (κ1) is 13.4. The van der Waals surface area contributed by atoms with Crippen molar-refractivity contribution in [3.05, 3.63) is 45.6 Å². The van der Waals surface area contributed by atoms with Crippen LogP contribution in [0.4, 0.5) is 5.69 Å². The number of hydrogen-bond acceptors (Lipinski definition) is 4. The zero-order valence-corrected chi connectivity index (χ0v) is 11.6. The Morgan fingerprint density at radius 2 is 2.11 bits per heavy atom. The third-order valence-electron chi connectivity index (χ3n) is 2.29. The molecule has 2 rings (SSSR count). The van der Waals surface area contributed by atoms with Gasteiger partial charge in [0.25, 0.3) is 0 Å². The van der Waals surface area contributed by atoms with Gasteiger partial charge in [-0.1, -0.05) is 17.7 Å². The van der Waals surface area contributed by atoms with E-state index in [2.05, 4.69) is 4.72 Å². The van der Waals surface area contributed by atoms with Gasteiger partial charge < -0.3 is 5.73 Å². The maximum absolute atomic E-state index is 12.0. The van der Waals surface area contributed by atoms with Crippen molar-refractivity contribution in [3.63, 3.8) is 0 Å². The molecule has 1 heterocycles. The lowest BCUT2D eigenvalue weighted by Gasteiger charge is -2.07. The van der Waals surface area contributed by atoms with Crippen LogP contribution in [0.5, 0.6) is 0 Å². The summed E-state index contributed by atoms with van der Waals surface area (Å²) in [6, 6.07) is 7.98. The summed E-state index contributed by atoms with van der Waals surface area (Å²) in [6.45, 7) is 0.266. The first-order valence-electron chi connectivity index (χ1n) is 5.06. The van der Waals surface area contributed by atoms with Crippen molar-refractivity contribution in [1.29, 1.82) is 0 Å². The van der Waals surface area contributed by atoms with Gasteiger partial charge in [-0.2, -0.15) is 0 Å². The fourth-order valence-electron chi connectivity index (χ4n) is 1.35. The molecule has 1 aromatic heterocycles. The fraction of sp³-hybridized carbons (Fsp3) is 0.0909. The summed E-state index contributed by atoms with van der Waals surface area (Å²) in [5.41, 5.74) is 5.83. The first-order chi connectivity index (χ1) is 8.49. The first-order valence-corrected chi connectivity index (χ1v) is 7.80. The number of nitrogens with one attached hydrogen (secondary N) is 1. The van der Waals surface area contributed by atoms with E-state index in [4.69, 9.17) is 17.3 Å². The molecule has 0 saturated heterocycles. The van der Waals surface area contributed by atoms with Crippen LogP contribution in [-0.2, 0) is 16.6 Å². The number of sulfonamides is 1. The van der Waals surface area contributed by atoms with Gasteiger partial charge in [-0.25, -0.2) is 13.1 Å². The molecule has 0 bridgehead atoms. The molecule has 0 unspecified atom stereocenters. The van der Waals surface area contributed by atoms with E-state index in [1.807, 2.05) is 17.5 Å². The minimum atomic E-state index is -3.56. The summed E-state index contributed by atoms with van der Waals surface area (Å²) < 4.78 is 26.5. The SMILES string of the molecule is Nc1cc(S(=O)(=O)NCc2cccs2)ccc1Cl. The minimum absolute atomic E-state index is 0.112. The van der Waals surface area contributed by atoms with Crippen molar-refractivity contribution in [1.82, 2.24) is 4.72 Å². The van der Waals surface area contributed by atoms with Crippen LogP contribution in [0.1, 0.15) is 4.88 Å². The van der Waals surface area contributed by atoms with E-state index < -0.39 is 10.0 Å². The van der Waals surface area contributed by atoms with Crippen molar-refractivity contribution >= 4 is 38.6 Å². The third-order valence-corrected chi connectivity index (χ3v) is 4.91. The van der Waals surface area contributed by atoms with Crippen LogP contribution in [0.15, 0.2) is 40.6 Å². The fourth-order valence-corrected chi connectivity index (χ4v) is 3.25. The molecule has 3 N–H and O–H groups in total. The Bertz CT molecular complexity index is 639. The van der Waals surface area contributed by atoms with Gasteiger partial charge in [0.1, 0.15) is 0 Å². The van der Waals surface area contributed by atoms with Crippen LogP contribution < -0.4 is 10.5 Å². The van der Waals surface area contributed by atoms with Crippen molar-refractivity contribution in [2.45, 2.75) is 11.4 Å². The van der Waals surface area contributed by atoms with Gasteiger partial charge >= 0.3 is 0 Å². The Morgan fingerprint density at radius 1 is 1.33 bits per heavy atom. The number of anilines is 1. The molecule has 7 heteroatoms. The van der Waals surface area contributed by atoms with Gasteiger partial charge in [0, 0.05) is 11.4 Å². The Hall–Kier alpha value is -1.08. The lowest BCUT2D eigenvalue weighted by molar-refractivity contribution is 0.582. The molecule has 0 aliphatic rings. The number of hydrogen-bond donors (Lipinski definition) is 2. The van der Waals surface area contributed by atoms with Gasteiger partial charge in [-0.3, -0.25) is 0 Å². The highest BCUT2D eigenvalue weighted by Gasteiger charge is 2.14. The van der Waals surface area contributed by atoms with Crippen LogP contribution in [0, 0.1) is 0 Å². The zero-order valence-electron chi connectivity index (χ0n) is 9.26. The lowest BCUT2D eigenvalue weighted by atomic mass is 10.3. The summed E-state index contributed by atoms with van der Waals surface area (Å²) in [6.07, 6.45) is 0. The second-order valence-corrected chi connectivity index (χ2v) is 6.79. The lowest BCUT2D eigenvalue weighted by Crippen LogP contribution is -2.22. The second-order valence-electron chi connectivity index (χ2n) is 3.59. The highest BCUT2D eigenvalue weighted by Crippen LogP contribution is 2.22. The second kappa shape index (κ2) is 5.27. The van der Waals surface area contributed by atoms with E-state index in [0.717, 1.165) is 4.88 Å². The van der Waals surface area contributed by atoms with Crippen LogP contribution in [0.25, 0.3) is 0 Å². The summed E-state index contributed by atoms with van der Waals surface area (Å²) in [5.74, 6) is 0. The summed E-state index contributed by atoms with van der Waals surface area (Å²) in [5, 5.41) is 2.23. The quantitative estimate of drug-likeness (QED) is 0.852. The summed E-state index contributed by atoms with van der Waals surface area (Å²) in [7, 11) is -3.56. The smallest absolute Gasteiger partial charge is 0.240 e. The highest BCUT2D eigenvalue weighted by atomic mass is 35.5. The number of benzene rings is 1. The molecule has 96 valence electrons. The normalized spacial score (nSPS) is 11.6. The standard InChI is InChI=1S/C11H11ClN2O2S2/c12-10-4-3-9(6-11(10)13)18(15,16)14-7-8-2-1-5-17-8/h1-6,14H,7,13H2. The molecule has 2 aromatic rings. The van der Waals surface area contributed by atoms with E-state index in [9.17, 15) is 8.42 Å². The minimum Gasteiger partial charge on any atom is -0.397 e. The molecule has 18 heavy (non-hydrogen) atoms. The Labute approximate surface area is 114 Å². The average molecular weight is 303 g/mol. The van der Waals surface area contributed by atoms with E-state index in [-0.39, 0.29) is 17.1 Å². The number of nitrogen functional groups attached to an aromatic ring is 1. The summed E-state index contributed by atoms with van der Waals surface area (Å²) >= 11 is 7.24. The molecule has 0 aliphatic heterocycles. The molecular formula is C11H11ClN2O2S2.